The summed E-state index contributed by atoms with van der Waals surface area (Å²) in [6.07, 6.45) is 2.88. The number of hydrogen-bond acceptors (Lipinski definition) is 7. The molecule has 0 spiro atoms. The number of anilines is 1. The average Bonchev–Trinajstić information content (AvgIpc) is 3.04. The molecule has 2 aromatic carbocycles. The zero-order valence-electron chi connectivity index (χ0n) is 27.3. The zero-order chi connectivity index (χ0) is 34.3. The van der Waals surface area contributed by atoms with Gasteiger partial charge in [0, 0.05) is 48.7 Å². The molecule has 4 rings (SSSR count). The molecule has 0 bridgehead atoms. The van der Waals surface area contributed by atoms with Crippen molar-refractivity contribution in [1.29, 1.82) is 0 Å². The summed E-state index contributed by atoms with van der Waals surface area (Å²) >= 11 is 6.13. The Balaban J connectivity index is 1.57. The van der Waals surface area contributed by atoms with Crippen molar-refractivity contribution in [2.24, 2.45) is 5.92 Å². The lowest BCUT2D eigenvalue weighted by Gasteiger charge is -2.40. The van der Waals surface area contributed by atoms with Crippen LogP contribution in [0.15, 0.2) is 71.9 Å². The topological polar surface area (TPSA) is 121 Å². The number of pyridine rings is 1. The Kier molecular flexibility index (Phi) is 12.4. The number of benzene rings is 2. The molecule has 0 aliphatic carbocycles. The normalized spacial score (nSPS) is 18.4. The number of carbonyl (C=O) groups is 2. The smallest absolute Gasteiger partial charge is 0.409 e. The minimum absolute atomic E-state index is 0.0919. The number of amides is 2. The number of sulfonamides is 1. The minimum Gasteiger partial charge on any atom is -0.453 e. The van der Waals surface area contributed by atoms with E-state index < -0.39 is 39.8 Å². The summed E-state index contributed by atoms with van der Waals surface area (Å²) in [6, 6.07) is 13.8. The van der Waals surface area contributed by atoms with E-state index in [1.54, 1.807) is 46.8 Å². The number of methoxy groups -OCH3 is 1. The molecule has 254 valence electrons. The van der Waals surface area contributed by atoms with Gasteiger partial charge in [-0.2, -0.15) is 4.31 Å². The molecule has 4 atom stereocenters. The molecule has 2 amide bonds. The highest BCUT2D eigenvalue weighted by molar-refractivity contribution is 7.89. The maximum Gasteiger partial charge on any atom is 0.409 e. The Morgan fingerprint density at radius 3 is 2.45 bits per heavy atom. The molecule has 2 heterocycles. The number of halogens is 2. The van der Waals surface area contributed by atoms with E-state index in [1.165, 1.54) is 25.3 Å². The predicted octanol–water partition coefficient (Wildman–Crippen LogP) is 5.69. The number of carbonyl (C=O) groups excluding carboxylic acids is 2. The third kappa shape index (κ3) is 8.48. The van der Waals surface area contributed by atoms with E-state index in [-0.39, 0.29) is 40.6 Å². The van der Waals surface area contributed by atoms with Crippen LogP contribution in [0.3, 0.4) is 0 Å². The van der Waals surface area contributed by atoms with Crippen LogP contribution in [0.2, 0.25) is 5.02 Å². The Hall–Kier alpha value is -3.58. The van der Waals surface area contributed by atoms with Gasteiger partial charge in [0.2, 0.25) is 15.9 Å². The summed E-state index contributed by atoms with van der Waals surface area (Å²) in [5.74, 6) is -1.68. The number of rotatable bonds is 12. The van der Waals surface area contributed by atoms with Crippen molar-refractivity contribution in [2.75, 3.05) is 32.6 Å². The Labute approximate surface area is 281 Å². The number of hydrogen-bond donors (Lipinski definition) is 2. The first-order chi connectivity index (χ1) is 22.4. The minimum atomic E-state index is -3.75. The Bertz CT molecular complexity index is 1630. The number of piperazine rings is 1. The SMILES string of the molecule is COC(=O)N(C)C(C(=O)Nc1cncc(F)c1CCCC1CNCC(C)N1S(=O)(=O)c1ccccc1)C(c1ccc(Cl)cc1)C(C)C. The monoisotopic (exact) mass is 687 g/mol. The molecule has 1 fully saturated rings. The molecule has 1 aliphatic rings. The summed E-state index contributed by atoms with van der Waals surface area (Å²) < 4.78 is 49.1. The van der Waals surface area contributed by atoms with Crippen molar-refractivity contribution >= 4 is 39.3 Å². The molecule has 0 saturated carbocycles. The molecule has 1 aromatic heterocycles. The summed E-state index contributed by atoms with van der Waals surface area (Å²) in [6.45, 7) is 6.74. The van der Waals surface area contributed by atoms with Crippen LogP contribution in [0, 0.1) is 11.7 Å². The number of likely N-dealkylation sites (N-methyl/N-ethyl adjacent to an activating group) is 1. The first-order valence-electron chi connectivity index (χ1n) is 15.7. The highest BCUT2D eigenvalue weighted by Gasteiger charge is 2.39. The molecule has 13 heteroatoms. The molecule has 47 heavy (non-hydrogen) atoms. The molecule has 2 N–H and O–H groups in total. The molecule has 3 aromatic rings. The summed E-state index contributed by atoms with van der Waals surface area (Å²) in [7, 11) is -1.03. The van der Waals surface area contributed by atoms with Crippen molar-refractivity contribution in [2.45, 2.75) is 69.0 Å². The van der Waals surface area contributed by atoms with Gasteiger partial charge in [-0.25, -0.2) is 17.6 Å². The summed E-state index contributed by atoms with van der Waals surface area (Å²) in [5, 5.41) is 6.69. The third-order valence-electron chi connectivity index (χ3n) is 8.62. The summed E-state index contributed by atoms with van der Waals surface area (Å²) in [5.41, 5.74) is 1.22. The van der Waals surface area contributed by atoms with Gasteiger partial charge in [0.05, 0.1) is 30.1 Å². The van der Waals surface area contributed by atoms with Crippen LogP contribution in [-0.2, 0) is 26.0 Å². The van der Waals surface area contributed by atoms with Gasteiger partial charge < -0.3 is 15.4 Å². The molecule has 1 aliphatic heterocycles. The fourth-order valence-electron chi connectivity index (χ4n) is 6.37. The first-order valence-corrected chi connectivity index (χ1v) is 17.5. The van der Waals surface area contributed by atoms with Gasteiger partial charge in [-0.15, -0.1) is 0 Å². The van der Waals surface area contributed by atoms with E-state index in [4.69, 9.17) is 16.3 Å². The van der Waals surface area contributed by atoms with Gasteiger partial charge in [-0.1, -0.05) is 55.8 Å². The van der Waals surface area contributed by atoms with Gasteiger partial charge in [0.25, 0.3) is 0 Å². The van der Waals surface area contributed by atoms with Gasteiger partial charge in [0.15, 0.2) is 0 Å². The Morgan fingerprint density at radius 2 is 1.81 bits per heavy atom. The molecule has 4 unspecified atom stereocenters. The lowest BCUT2D eigenvalue weighted by molar-refractivity contribution is -0.121. The number of aromatic nitrogens is 1. The van der Waals surface area contributed by atoms with Gasteiger partial charge >= 0.3 is 6.09 Å². The van der Waals surface area contributed by atoms with Crippen molar-refractivity contribution in [3.8, 4) is 0 Å². The second kappa shape index (κ2) is 16.0. The fraction of sp³-hybridized carbons (Fsp3) is 0.441. The van der Waals surface area contributed by atoms with Gasteiger partial charge in [-0.3, -0.25) is 14.7 Å². The second-order valence-electron chi connectivity index (χ2n) is 12.2. The van der Waals surface area contributed by atoms with Crippen LogP contribution >= 0.6 is 11.6 Å². The maximum absolute atomic E-state index is 15.3. The summed E-state index contributed by atoms with van der Waals surface area (Å²) in [4.78, 5) is 32.2. The average molecular weight is 688 g/mol. The number of ether oxygens (including phenoxy) is 1. The fourth-order valence-corrected chi connectivity index (χ4v) is 8.37. The lowest BCUT2D eigenvalue weighted by Crippen LogP contribution is -2.58. The van der Waals surface area contributed by atoms with Crippen molar-refractivity contribution < 1.29 is 27.1 Å². The van der Waals surface area contributed by atoms with Crippen molar-refractivity contribution in [3.05, 3.63) is 89.0 Å². The van der Waals surface area contributed by atoms with E-state index in [9.17, 15) is 18.0 Å². The van der Waals surface area contributed by atoms with Crippen molar-refractivity contribution in [1.82, 2.24) is 19.5 Å². The van der Waals surface area contributed by atoms with E-state index in [0.29, 0.717) is 31.0 Å². The molecular weight excluding hydrogens is 645 g/mol. The van der Waals surface area contributed by atoms with E-state index >= 15 is 4.39 Å². The first kappa shape index (κ1) is 36.3. The maximum atomic E-state index is 15.3. The van der Waals surface area contributed by atoms with E-state index in [0.717, 1.165) is 11.8 Å². The molecule has 1 saturated heterocycles. The quantitative estimate of drug-likeness (QED) is 0.251. The number of nitrogens with zero attached hydrogens (tertiary/aromatic N) is 3. The van der Waals surface area contributed by atoms with Crippen LogP contribution in [0.5, 0.6) is 0 Å². The van der Waals surface area contributed by atoms with E-state index in [1.807, 2.05) is 32.9 Å². The highest BCUT2D eigenvalue weighted by atomic mass is 35.5. The molecule has 10 nitrogen and oxygen atoms in total. The van der Waals surface area contributed by atoms with Crippen molar-refractivity contribution in [3.63, 3.8) is 0 Å². The van der Waals surface area contributed by atoms with E-state index in [2.05, 4.69) is 15.6 Å². The molecular formula is C34H43ClFN5O5S. The lowest BCUT2D eigenvalue weighted by atomic mass is 9.81. The zero-order valence-corrected chi connectivity index (χ0v) is 28.9. The van der Waals surface area contributed by atoms with Crippen LogP contribution in [-0.4, -0.2) is 80.0 Å². The van der Waals surface area contributed by atoms with Crippen LogP contribution < -0.4 is 10.6 Å². The van der Waals surface area contributed by atoms with Crippen LogP contribution in [0.4, 0.5) is 14.9 Å². The standard InChI is InChI=1S/C34H43ClFN5O5S/c1-22(2)31(24-14-16-25(35)17-15-24)32(40(4)34(43)46-5)33(42)39-30-21-38-20-29(36)28(30)13-9-10-26-19-37-18-23(3)41(26)47(44,45)27-11-7-6-8-12-27/h6-8,11-12,14-17,20-23,26,31-32,37H,9-10,13,18-19H2,1-5H3,(H,39,42). The van der Waals surface area contributed by atoms with Crippen LogP contribution in [0.25, 0.3) is 0 Å². The van der Waals surface area contributed by atoms with Gasteiger partial charge in [0.1, 0.15) is 11.9 Å². The largest absolute Gasteiger partial charge is 0.453 e. The van der Waals surface area contributed by atoms with Crippen LogP contribution in [0.1, 0.15) is 50.7 Å². The Morgan fingerprint density at radius 1 is 1.13 bits per heavy atom. The molecule has 0 radical (unpaired) electrons. The highest BCUT2D eigenvalue weighted by Crippen LogP contribution is 2.33. The third-order valence-corrected chi connectivity index (χ3v) is 11.0. The second-order valence-corrected chi connectivity index (χ2v) is 14.5. The number of nitrogens with one attached hydrogen (secondary N) is 2. The predicted molar refractivity (Wildman–Crippen MR) is 180 cm³/mol. The van der Waals surface area contributed by atoms with Gasteiger partial charge in [-0.05, 0) is 61.9 Å².